The zero-order valence-electron chi connectivity index (χ0n) is 6.77. The van der Waals surface area contributed by atoms with Crippen molar-refractivity contribution in [2.24, 2.45) is 0 Å². The van der Waals surface area contributed by atoms with Crippen molar-refractivity contribution >= 4 is 12.5 Å². The number of aromatic nitrogens is 1. The predicted molar refractivity (Wildman–Crippen MR) is 46.1 cm³/mol. The van der Waals surface area contributed by atoms with E-state index in [-0.39, 0.29) is 6.92 Å². The minimum atomic E-state index is 0.0277. The third-order valence-corrected chi connectivity index (χ3v) is 1.90. The molecular formula is C8H10BNO2. The Morgan fingerprint density at radius 1 is 1.42 bits per heavy atom. The van der Waals surface area contributed by atoms with E-state index >= 15 is 0 Å². The number of hydrogen-bond acceptors (Lipinski definition) is 3. The van der Waals surface area contributed by atoms with Gasteiger partial charge in [0.25, 0.3) is 0 Å². The second kappa shape index (κ2) is 3.69. The van der Waals surface area contributed by atoms with Crippen LogP contribution >= 0.6 is 0 Å². The highest BCUT2D eigenvalue weighted by Gasteiger charge is 2.24. The van der Waals surface area contributed by atoms with Crippen molar-refractivity contribution in [3.8, 4) is 0 Å². The second-order valence-corrected chi connectivity index (χ2v) is 2.80. The van der Waals surface area contributed by atoms with Crippen molar-refractivity contribution in [1.82, 2.24) is 4.98 Å². The molecule has 0 N–H and O–H groups in total. The summed E-state index contributed by atoms with van der Waals surface area (Å²) in [4.78, 5) is 14.2. The van der Waals surface area contributed by atoms with Gasteiger partial charge in [-0.25, -0.2) is 0 Å². The van der Waals surface area contributed by atoms with Gasteiger partial charge < -0.3 is 0 Å². The smallest absolute Gasteiger partial charge is 0.297 e. The minimum Gasteiger partial charge on any atom is -0.297 e. The van der Waals surface area contributed by atoms with Gasteiger partial charge in [0.2, 0.25) is 0 Å². The van der Waals surface area contributed by atoms with Crippen LogP contribution in [0.3, 0.4) is 0 Å². The Morgan fingerprint density at radius 2 is 2.42 bits per heavy atom. The fourth-order valence-corrected chi connectivity index (χ4v) is 1.27. The first-order chi connectivity index (χ1) is 5.97. The minimum absolute atomic E-state index is 0.0277. The van der Waals surface area contributed by atoms with Gasteiger partial charge in [-0.05, 0) is 24.9 Å². The fraction of sp³-hybridized carbons (Fsp3) is 0.375. The van der Waals surface area contributed by atoms with E-state index in [1.165, 1.54) is 0 Å². The predicted octanol–water partition coefficient (Wildman–Crippen LogP) is 0.632. The first-order valence-corrected chi connectivity index (χ1v) is 4.16. The van der Waals surface area contributed by atoms with E-state index in [9.17, 15) is 0 Å². The van der Waals surface area contributed by atoms with E-state index in [2.05, 4.69) is 4.98 Å². The molecular weight excluding hydrogens is 153 g/mol. The van der Waals surface area contributed by atoms with Gasteiger partial charge >= 0.3 is 6.92 Å². The zero-order chi connectivity index (χ0) is 8.23. The lowest BCUT2D eigenvalue weighted by molar-refractivity contribution is -0.220. The van der Waals surface area contributed by atoms with Gasteiger partial charge in [0, 0.05) is 11.8 Å². The molecule has 1 aromatic rings. The van der Waals surface area contributed by atoms with Crippen LogP contribution in [0.1, 0.15) is 6.42 Å². The molecule has 1 saturated heterocycles. The Balaban J connectivity index is 2.08. The average Bonchev–Trinajstić information content (AvgIpc) is 2.21. The lowest BCUT2D eigenvalue weighted by atomic mass is 9.60. The summed E-state index contributed by atoms with van der Waals surface area (Å²) >= 11 is 0. The van der Waals surface area contributed by atoms with Crippen molar-refractivity contribution in [2.45, 2.75) is 12.7 Å². The largest absolute Gasteiger partial charge is 0.391 e. The molecule has 1 fully saturated rings. The average molecular weight is 163 g/mol. The second-order valence-electron chi connectivity index (χ2n) is 2.80. The van der Waals surface area contributed by atoms with Crippen LogP contribution in [0.25, 0.3) is 0 Å². The number of rotatable bonds is 1. The van der Waals surface area contributed by atoms with E-state index in [1.54, 1.807) is 6.20 Å². The number of pyridine rings is 1. The van der Waals surface area contributed by atoms with Crippen molar-refractivity contribution < 1.29 is 9.69 Å². The monoisotopic (exact) mass is 163 g/mol. The summed E-state index contributed by atoms with van der Waals surface area (Å²) in [5, 5.41) is 0. The highest BCUT2D eigenvalue weighted by molar-refractivity contribution is 6.66. The van der Waals surface area contributed by atoms with Crippen LogP contribution in [-0.2, 0) is 9.69 Å². The molecule has 12 heavy (non-hydrogen) atoms. The highest BCUT2D eigenvalue weighted by atomic mass is 17.2. The van der Waals surface area contributed by atoms with E-state index in [1.807, 2.05) is 18.2 Å². The van der Waals surface area contributed by atoms with Gasteiger partial charge in [0.15, 0.2) is 0 Å². The van der Waals surface area contributed by atoms with E-state index in [0.717, 1.165) is 18.3 Å². The van der Waals surface area contributed by atoms with E-state index < -0.39 is 0 Å². The Morgan fingerprint density at radius 3 is 3.08 bits per heavy atom. The SMILES string of the molecule is c1ccc(B2CCCOO2)nc1. The van der Waals surface area contributed by atoms with Gasteiger partial charge in [0.05, 0.1) is 6.61 Å². The summed E-state index contributed by atoms with van der Waals surface area (Å²) in [5.74, 6) is 0. The highest BCUT2D eigenvalue weighted by Crippen LogP contribution is 2.06. The maximum absolute atomic E-state index is 5.10. The quantitative estimate of drug-likeness (QED) is 0.449. The van der Waals surface area contributed by atoms with Gasteiger partial charge in [-0.15, -0.1) is 0 Å². The van der Waals surface area contributed by atoms with Crippen LogP contribution in [0.15, 0.2) is 24.4 Å². The molecule has 1 aromatic heterocycles. The summed E-state index contributed by atoms with van der Waals surface area (Å²) in [6.07, 6.45) is 3.81. The topological polar surface area (TPSA) is 31.4 Å². The maximum atomic E-state index is 5.10. The third-order valence-electron chi connectivity index (χ3n) is 1.90. The summed E-state index contributed by atoms with van der Waals surface area (Å²) < 4.78 is 0. The van der Waals surface area contributed by atoms with Crippen LogP contribution in [0.5, 0.6) is 0 Å². The fourth-order valence-electron chi connectivity index (χ4n) is 1.27. The molecule has 0 radical (unpaired) electrons. The number of hydrogen-bond donors (Lipinski definition) is 0. The normalized spacial score (nSPS) is 17.8. The Bertz CT molecular complexity index is 236. The van der Waals surface area contributed by atoms with Gasteiger partial charge in [-0.2, -0.15) is 0 Å². The molecule has 2 heterocycles. The van der Waals surface area contributed by atoms with Crippen molar-refractivity contribution in [2.75, 3.05) is 6.61 Å². The zero-order valence-corrected chi connectivity index (χ0v) is 6.77. The Hall–Kier alpha value is -0.865. The van der Waals surface area contributed by atoms with Crippen LogP contribution in [0.4, 0.5) is 0 Å². The number of nitrogens with zero attached hydrogens (tertiary/aromatic N) is 1. The molecule has 0 atom stereocenters. The van der Waals surface area contributed by atoms with Crippen molar-refractivity contribution in [1.29, 1.82) is 0 Å². The molecule has 0 aromatic carbocycles. The molecule has 0 unspecified atom stereocenters. The molecule has 0 bridgehead atoms. The lowest BCUT2D eigenvalue weighted by Crippen LogP contribution is -2.38. The molecule has 0 saturated carbocycles. The molecule has 62 valence electrons. The molecule has 4 heteroatoms. The van der Waals surface area contributed by atoms with E-state index in [4.69, 9.17) is 9.69 Å². The standard InChI is InChI=1S/C8H10BNO2/c1-2-6-10-8(4-1)9-5-3-7-11-12-9/h1-2,4,6H,3,5,7H2. The molecule has 0 spiro atoms. The van der Waals surface area contributed by atoms with E-state index in [0.29, 0.717) is 6.61 Å². The van der Waals surface area contributed by atoms with Crippen molar-refractivity contribution in [3.63, 3.8) is 0 Å². The summed E-state index contributed by atoms with van der Waals surface area (Å²) in [6.45, 7) is 0.725. The van der Waals surface area contributed by atoms with Gasteiger partial charge in [0.1, 0.15) is 0 Å². The molecule has 0 amide bonds. The molecule has 2 rings (SSSR count). The van der Waals surface area contributed by atoms with Crippen LogP contribution < -0.4 is 5.59 Å². The molecule has 1 aliphatic heterocycles. The van der Waals surface area contributed by atoms with Crippen LogP contribution in [0, 0.1) is 0 Å². The van der Waals surface area contributed by atoms with Crippen LogP contribution in [0.2, 0.25) is 6.32 Å². The summed E-state index contributed by atoms with van der Waals surface area (Å²) in [7, 11) is 0. The van der Waals surface area contributed by atoms with Gasteiger partial charge in [-0.1, -0.05) is 6.07 Å². The summed E-state index contributed by atoms with van der Waals surface area (Å²) in [6, 6.07) is 5.81. The van der Waals surface area contributed by atoms with Crippen molar-refractivity contribution in [3.05, 3.63) is 24.4 Å². The first-order valence-electron chi connectivity index (χ1n) is 4.16. The molecule has 3 nitrogen and oxygen atoms in total. The lowest BCUT2D eigenvalue weighted by Gasteiger charge is -2.17. The Labute approximate surface area is 71.8 Å². The maximum Gasteiger partial charge on any atom is 0.391 e. The third kappa shape index (κ3) is 1.65. The Kier molecular flexibility index (Phi) is 2.39. The molecule has 0 aliphatic carbocycles. The van der Waals surface area contributed by atoms with Gasteiger partial charge in [-0.3, -0.25) is 14.7 Å². The van der Waals surface area contributed by atoms with Crippen LogP contribution in [-0.4, -0.2) is 18.5 Å². The molecule has 1 aliphatic rings. The summed E-state index contributed by atoms with van der Waals surface area (Å²) in [5.41, 5.74) is 0.956. The first kappa shape index (κ1) is 7.77.